The van der Waals surface area contributed by atoms with Crippen molar-refractivity contribution in [3.63, 3.8) is 0 Å². The molecule has 218 valence electrons. The number of aromatic nitrogens is 4. The molecule has 0 aliphatic carbocycles. The third kappa shape index (κ3) is 3.32. The summed E-state index contributed by atoms with van der Waals surface area (Å²) in [5.74, 6) is 2.26. The van der Waals surface area contributed by atoms with Gasteiger partial charge in [-0.1, -0.05) is 91.0 Å². The molecular weight excluding hydrogens is 576 g/mol. The molecule has 10 aromatic rings. The summed E-state index contributed by atoms with van der Waals surface area (Å²) in [7, 11) is 0. The number of fused-ring (bicyclic) bond motifs is 10. The molecular formula is C42H24N4O. The van der Waals surface area contributed by atoms with Crippen molar-refractivity contribution in [3.8, 4) is 34.4 Å². The summed E-state index contributed by atoms with van der Waals surface area (Å²) >= 11 is 0. The predicted octanol–water partition coefficient (Wildman–Crippen LogP) is 10.7. The van der Waals surface area contributed by atoms with Crippen molar-refractivity contribution < 1.29 is 4.74 Å². The molecule has 7 aromatic carbocycles. The Morgan fingerprint density at radius 3 is 1.96 bits per heavy atom. The van der Waals surface area contributed by atoms with Crippen molar-refractivity contribution in [3.05, 3.63) is 146 Å². The van der Waals surface area contributed by atoms with Gasteiger partial charge in [-0.3, -0.25) is 4.57 Å². The molecule has 0 atom stereocenters. The van der Waals surface area contributed by atoms with Crippen LogP contribution in [-0.4, -0.2) is 19.1 Å². The van der Waals surface area contributed by atoms with Crippen LogP contribution in [0.15, 0.2) is 146 Å². The molecule has 5 heteroatoms. The Labute approximate surface area is 268 Å². The lowest BCUT2D eigenvalue weighted by atomic mass is 9.98. The lowest BCUT2D eigenvalue weighted by Gasteiger charge is -2.22. The number of nitrogens with zero attached hydrogens (tertiary/aromatic N) is 4. The summed E-state index contributed by atoms with van der Waals surface area (Å²) in [4.78, 5) is 10.6. The fourth-order valence-electron chi connectivity index (χ4n) is 7.67. The summed E-state index contributed by atoms with van der Waals surface area (Å²) in [5, 5.41) is 7.93. The summed E-state index contributed by atoms with van der Waals surface area (Å²) in [5.41, 5.74) is 8.30. The van der Waals surface area contributed by atoms with Gasteiger partial charge in [0, 0.05) is 38.2 Å². The second-order valence-electron chi connectivity index (χ2n) is 12.2. The van der Waals surface area contributed by atoms with E-state index in [4.69, 9.17) is 14.7 Å². The molecule has 5 nitrogen and oxygen atoms in total. The molecule has 0 bridgehead atoms. The van der Waals surface area contributed by atoms with Crippen LogP contribution in [0, 0.1) is 0 Å². The third-order valence-corrected chi connectivity index (χ3v) is 9.70. The Hall–Kier alpha value is -6.46. The Kier molecular flexibility index (Phi) is 4.78. The van der Waals surface area contributed by atoms with Crippen molar-refractivity contribution in [1.82, 2.24) is 19.1 Å². The van der Waals surface area contributed by atoms with E-state index in [1.807, 2.05) is 12.1 Å². The molecule has 0 N–H and O–H groups in total. The van der Waals surface area contributed by atoms with Gasteiger partial charge in [-0.15, -0.1) is 0 Å². The topological polar surface area (TPSA) is 44.9 Å². The first-order valence-corrected chi connectivity index (χ1v) is 15.8. The van der Waals surface area contributed by atoms with E-state index in [9.17, 15) is 0 Å². The van der Waals surface area contributed by atoms with Crippen LogP contribution in [0.4, 0.5) is 0 Å². The molecule has 1 aliphatic rings. The van der Waals surface area contributed by atoms with Crippen LogP contribution in [0.2, 0.25) is 0 Å². The van der Waals surface area contributed by atoms with Crippen LogP contribution < -0.4 is 4.74 Å². The molecule has 4 heterocycles. The van der Waals surface area contributed by atoms with Crippen LogP contribution in [0.5, 0.6) is 11.5 Å². The van der Waals surface area contributed by atoms with E-state index in [0.29, 0.717) is 5.95 Å². The minimum absolute atomic E-state index is 0.638. The van der Waals surface area contributed by atoms with Crippen LogP contribution in [0.3, 0.4) is 0 Å². The van der Waals surface area contributed by atoms with Gasteiger partial charge < -0.3 is 9.30 Å². The number of rotatable bonds is 2. The first kappa shape index (κ1) is 24.8. The summed E-state index contributed by atoms with van der Waals surface area (Å²) in [6.07, 6.45) is 0. The van der Waals surface area contributed by atoms with Crippen molar-refractivity contribution >= 4 is 65.3 Å². The number of hydrogen-bond acceptors (Lipinski definition) is 3. The highest BCUT2D eigenvalue weighted by molar-refractivity contribution is 6.19. The summed E-state index contributed by atoms with van der Waals surface area (Å²) in [6, 6.07) is 51.2. The van der Waals surface area contributed by atoms with Crippen molar-refractivity contribution in [2.75, 3.05) is 0 Å². The number of hydrogen-bond donors (Lipinski definition) is 0. The molecule has 3 aromatic heterocycles. The van der Waals surface area contributed by atoms with Crippen LogP contribution in [0.25, 0.3) is 88.2 Å². The Bertz CT molecular complexity index is 2940. The lowest BCUT2D eigenvalue weighted by molar-refractivity contribution is 0.492. The highest BCUT2D eigenvalue weighted by Crippen LogP contribution is 2.48. The normalized spacial score (nSPS) is 12.4. The highest BCUT2D eigenvalue weighted by Gasteiger charge is 2.26. The number of ether oxygens (including phenoxy) is 1. The van der Waals surface area contributed by atoms with E-state index in [1.54, 1.807) is 0 Å². The summed E-state index contributed by atoms with van der Waals surface area (Å²) < 4.78 is 11.2. The van der Waals surface area contributed by atoms with Gasteiger partial charge in [-0.05, 0) is 60.0 Å². The van der Waals surface area contributed by atoms with E-state index in [0.717, 1.165) is 66.7 Å². The molecule has 0 amide bonds. The largest absolute Gasteiger partial charge is 0.455 e. The minimum Gasteiger partial charge on any atom is -0.455 e. The van der Waals surface area contributed by atoms with Gasteiger partial charge in [-0.2, -0.15) is 0 Å². The average Bonchev–Trinajstić information content (AvgIpc) is 3.63. The zero-order chi connectivity index (χ0) is 30.6. The summed E-state index contributed by atoms with van der Waals surface area (Å²) in [6.45, 7) is 0. The van der Waals surface area contributed by atoms with Gasteiger partial charge in [0.2, 0.25) is 5.95 Å². The molecule has 47 heavy (non-hydrogen) atoms. The highest BCUT2D eigenvalue weighted by atomic mass is 16.5. The van der Waals surface area contributed by atoms with Gasteiger partial charge in [0.15, 0.2) is 0 Å². The van der Waals surface area contributed by atoms with Crippen LogP contribution in [0.1, 0.15) is 0 Å². The van der Waals surface area contributed by atoms with Gasteiger partial charge >= 0.3 is 0 Å². The smallest absolute Gasteiger partial charge is 0.235 e. The van der Waals surface area contributed by atoms with Gasteiger partial charge in [-0.25, -0.2) is 9.97 Å². The maximum atomic E-state index is 6.58. The minimum atomic E-state index is 0.638. The Morgan fingerprint density at radius 1 is 0.468 bits per heavy atom. The average molecular weight is 601 g/mol. The van der Waals surface area contributed by atoms with E-state index < -0.39 is 0 Å². The van der Waals surface area contributed by atoms with Gasteiger partial charge in [0.1, 0.15) is 11.5 Å². The molecule has 1 aliphatic heterocycles. The Morgan fingerprint density at radius 2 is 1.15 bits per heavy atom. The molecule has 0 unspecified atom stereocenters. The fourth-order valence-corrected chi connectivity index (χ4v) is 7.67. The molecule has 0 saturated carbocycles. The zero-order valence-electron chi connectivity index (χ0n) is 25.1. The molecule has 0 fully saturated rings. The van der Waals surface area contributed by atoms with Crippen LogP contribution >= 0.6 is 0 Å². The van der Waals surface area contributed by atoms with E-state index in [2.05, 4.69) is 143 Å². The van der Waals surface area contributed by atoms with Gasteiger partial charge in [0.25, 0.3) is 0 Å². The Balaban J connectivity index is 1.27. The van der Waals surface area contributed by atoms with Crippen LogP contribution in [-0.2, 0) is 0 Å². The first-order valence-electron chi connectivity index (χ1n) is 15.8. The number of benzene rings is 7. The van der Waals surface area contributed by atoms with Crippen molar-refractivity contribution in [1.29, 1.82) is 0 Å². The molecule has 11 rings (SSSR count). The van der Waals surface area contributed by atoms with Gasteiger partial charge in [0.05, 0.1) is 38.7 Å². The van der Waals surface area contributed by atoms with E-state index in [1.165, 1.54) is 27.1 Å². The lowest BCUT2D eigenvalue weighted by Crippen LogP contribution is -2.07. The SMILES string of the molecule is c1ccc(-n2c3ccccc3c3cc4c5ccccc5n(-c5nc6c7c(cccc7n5)Oc5c-6ccc6ccccc56)c4cc32)cc1. The second-order valence-corrected chi connectivity index (χ2v) is 12.2. The first-order chi connectivity index (χ1) is 23.3. The second kappa shape index (κ2) is 9.05. The monoisotopic (exact) mass is 600 g/mol. The third-order valence-electron chi connectivity index (χ3n) is 9.70. The van der Waals surface area contributed by atoms with E-state index in [-0.39, 0.29) is 0 Å². The zero-order valence-corrected chi connectivity index (χ0v) is 25.1. The van der Waals surface area contributed by atoms with E-state index >= 15 is 0 Å². The molecule has 0 saturated heterocycles. The predicted molar refractivity (Wildman–Crippen MR) is 191 cm³/mol. The van der Waals surface area contributed by atoms with Crippen molar-refractivity contribution in [2.24, 2.45) is 0 Å². The standard InChI is InChI=1S/C42H24N4O/c1-2-12-26(13-3-1)45-34-18-8-6-15-28(34)31-23-32-29-16-7-9-19-35(29)46(37(32)24-36(31)45)42-43-33-17-10-20-38-39(33)40(44-42)30-22-21-25-11-4-5-14-27(25)41(30)47-38/h1-24H. The maximum absolute atomic E-state index is 6.58. The quantitative estimate of drug-likeness (QED) is 0.198. The maximum Gasteiger partial charge on any atom is 0.235 e. The number of para-hydroxylation sites is 3. The molecule has 0 spiro atoms. The molecule has 0 radical (unpaired) electrons. The fraction of sp³-hybridized carbons (Fsp3) is 0. The van der Waals surface area contributed by atoms with Crippen molar-refractivity contribution in [2.45, 2.75) is 0 Å².